The minimum atomic E-state index is -1.32. The highest BCUT2D eigenvalue weighted by Crippen LogP contribution is 2.36. The monoisotopic (exact) mass is 528 g/mol. The molecule has 0 aromatic heterocycles. The molecule has 0 spiro atoms. The highest BCUT2D eigenvalue weighted by Gasteiger charge is 2.16. The summed E-state index contributed by atoms with van der Waals surface area (Å²) < 4.78 is 0. The molecule has 0 bridgehead atoms. The van der Waals surface area contributed by atoms with Gasteiger partial charge >= 0.3 is 0 Å². The molecule has 0 atom stereocenters. The van der Waals surface area contributed by atoms with Crippen molar-refractivity contribution in [1.82, 2.24) is 0 Å². The Bertz CT molecular complexity index is 2020. The van der Waals surface area contributed by atoms with Crippen LogP contribution in [-0.2, 0) is 0 Å². The Labute approximate surface area is 237 Å². The Morgan fingerprint density at radius 2 is 0.925 bits per heavy atom. The Kier molecular flexibility index (Phi) is 5.91. The Morgan fingerprint density at radius 3 is 1.68 bits per heavy atom. The molecule has 0 saturated carbocycles. The van der Waals surface area contributed by atoms with Crippen LogP contribution in [-0.4, -0.2) is 8.07 Å². The van der Waals surface area contributed by atoms with Crippen LogP contribution in [0.1, 0.15) is 0 Å². The molecule has 7 aromatic rings. The van der Waals surface area contributed by atoms with Crippen LogP contribution in [0.5, 0.6) is 0 Å². The van der Waals surface area contributed by atoms with Gasteiger partial charge in [-0.25, -0.2) is 0 Å². The first-order valence-corrected chi connectivity index (χ1v) is 17.6. The van der Waals surface area contributed by atoms with E-state index in [9.17, 15) is 0 Å². The molecule has 0 unspecified atom stereocenters. The van der Waals surface area contributed by atoms with Crippen molar-refractivity contribution in [1.29, 1.82) is 0 Å². The van der Waals surface area contributed by atoms with E-state index in [1.165, 1.54) is 70.9 Å². The Morgan fingerprint density at radius 1 is 0.350 bits per heavy atom. The van der Waals surface area contributed by atoms with E-state index in [1.807, 2.05) is 0 Å². The van der Waals surface area contributed by atoms with E-state index in [0.29, 0.717) is 0 Å². The van der Waals surface area contributed by atoms with Gasteiger partial charge in [-0.05, 0) is 83.9 Å². The summed E-state index contributed by atoms with van der Waals surface area (Å²) in [4.78, 5) is 0. The maximum absolute atomic E-state index is 2.41. The molecule has 7 aromatic carbocycles. The summed E-state index contributed by atoms with van der Waals surface area (Å²) >= 11 is 0. The van der Waals surface area contributed by atoms with Crippen LogP contribution in [0.15, 0.2) is 140 Å². The first-order valence-electron chi connectivity index (χ1n) is 14.1. The Balaban J connectivity index is 1.24. The third kappa shape index (κ3) is 4.43. The molecular formula is C39H32Si. The molecule has 7 rings (SSSR count). The summed E-state index contributed by atoms with van der Waals surface area (Å²) in [5, 5.41) is 9.32. The zero-order valence-corrected chi connectivity index (χ0v) is 24.3. The molecule has 0 radical (unpaired) electrons. The quantitative estimate of drug-likeness (QED) is 0.157. The third-order valence-corrected chi connectivity index (χ3v) is 10.2. The largest absolute Gasteiger partial charge is 0.0776 e. The molecule has 40 heavy (non-hydrogen) atoms. The highest BCUT2D eigenvalue weighted by molar-refractivity contribution is 6.88. The zero-order valence-electron chi connectivity index (χ0n) is 23.3. The number of fused-ring (bicyclic) bond motifs is 4. The summed E-state index contributed by atoms with van der Waals surface area (Å²) in [7, 11) is -1.32. The lowest BCUT2D eigenvalue weighted by molar-refractivity contribution is 1.59. The predicted molar refractivity (Wildman–Crippen MR) is 178 cm³/mol. The smallest absolute Gasteiger partial charge is 0.0656 e. The van der Waals surface area contributed by atoms with E-state index in [4.69, 9.17) is 0 Å². The van der Waals surface area contributed by atoms with E-state index >= 15 is 0 Å². The van der Waals surface area contributed by atoms with Crippen molar-refractivity contribution in [3.8, 4) is 33.4 Å². The molecule has 1 heteroatoms. The van der Waals surface area contributed by atoms with Crippen LogP contribution in [0.3, 0.4) is 0 Å². The maximum atomic E-state index is 2.41. The van der Waals surface area contributed by atoms with E-state index < -0.39 is 8.07 Å². The van der Waals surface area contributed by atoms with Gasteiger partial charge in [-0.1, -0.05) is 146 Å². The number of benzene rings is 7. The molecule has 0 amide bonds. The summed E-state index contributed by atoms with van der Waals surface area (Å²) in [6.07, 6.45) is 0. The zero-order chi connectivity index (χ0) is 27.3. The fourth-order valence-corrected chi connectivity index (χ4v) is 7.08. The lowest BCUT2D eigenvalue weighted by Gasteiger charge is -2.17. The van der Waals surface area contributed by atoms with Gasteiger partial charge in [0.05, 0.1) is 8.07 Å². The van der Waals surface area contributed by atoms with E-state index in [-0.39, 0.29) is 0 Å². The number of hydrogen-bond donors (Lipinski definition) is 0. The van der Waals surface area contributed by atoms with Crippen molar-refractivity contribution in [2.45, 2.75) is 19.6 Å². The van der Waals surface area contributed by atoms with E-state index in [0.717, 1.165) is 0 Å². The van der Waals surface area contributed by atoms with Crippen molar-refractivity contribution in [3.63, 3.8) is 0 Å². The van der Waals surface area contributed by atoms with Crippen molar-refractivity contribution >= 4 is 45.6 Å². The fraction of sp³-hybridized carbons (Fsp3) is 0.0769. The molecule has 0 fully saturated rings. The first kappa shape index (κ1) is 24.6. The lowest BCUT2D eigenvalue weighted by atomic mass is 9.91. The summed E-state index contributed by atoms with van der Waals surface area (Å²) in [5.74, 6) is 0. The molecule has 0 heterocycles. The van der Waals surface area contributed by atoms with Gasteiger partial charge in [-0.15, -0.1) is 0 Å². The second kappa shape index (κ2) is 9.62. The number of hydrogen-bond acceptors (Lipinski definition) is 0. The van der Waals surface area contributed by atoms with Crippen LogP contribution in [0.2, 0.25) is 19.6 Å². The third-order valence-electron chi connectivity index (χ3n) is 8.20. The molecular weight excluding hydrogens is 497 g/mol. The molecule has 0 aliphatic carbocycles. The van der Waals surface area contributed by atoms with Crippen molar-refractivity contribution in [3.05, 3.63) is 140 Å². The van der Waals surface area contributed by atoms with Crippen molar-refractivity contribution < 1.29 is 0 Å². The van der Waals surface area contributed by atoms with Crippen molar-refractivity contribution in [2.24, 2.45) is 0 Å². The van der Waals surface area contributed by atoms with Crippen LogP contribution >= 0.6 is 0 Å². The van der Waals surface area contributed by atoms with Crippen LogP contribution in [0, 0.1) is 0 Å². The topological polar surface area (TPSA) is 0 Å². The van der Waals surface area contributed by atoms with E-state index in [2.05, 4.69) is 159 Å². The van der Waals surface area contributed by atoms with Gasteiger partial charge in [0.15, 0.2) is 0 Å². The van der Waals surface area contributed by atoms with Gasteiger partial charge < -0.3 is 0 Å². The van der Waals surface area contributed by atoms with Crippen LogP contribution in [0.25, 0.3) is 65.7 Å². The SMILES string of the molecule is C[Si](C)(C)c1ccc2cc(-c3ccc(-c4cccc(-c5cc6ccccc6c6ccccc56)c4)cc3)ccc2c1. The second-order valence-electron chi connectivity index (χ2n) is 11.9. The molecule has 192 valence electrons. The molecule has 0 N–H and O–H groups in total. The standard InChI is InChI=1S/C39H32Si/c1-40(2,3)35-22-21-31-23-30(19-20-32(31)25-35)28-17-15-27(16-18-28)29-10-8-11-33(24-29)39-26-34-9-4-5-12-36(34)37-13-6-7-14-38(37)39/h4-26H,1-3H3. The second-order valence-corrected chi connectivity index (χ2v) is 17.0. The average molecular weight is 529 g/mol. The van der Waals surface area contributed by atoms with Gasteiger partial charge in [0.1, 0.15) is 0 Å². The fourth-order valence-electron chi connectivity index (χ4n) is 5.91. The minimum absolute atomic E-state index is 1.23. The van der Waals surface area contributed by atoms with Gasteiger partial charge in [-0.2, -0.15) is 0 Å². The van der Waals surface area contributed by atoms with E-state index in [1.54, 1.807) is 0 Å². The Hall–Kier alpha value is -4.46. The maximum Gasteiger partial charge on any atom is 0.0776 e. The van der Waals surface area contributed by atoms with Gasteiger partial charge in [0, 0.05) is 0 Å². The lowest BCUT2D eigenvalue weighted by Crippen LogP contribution is -2.37. The molecule has 0 aliphatic rings. The number of rotatable bonds is 4. The average Bonchev–Trinajstić information content (AvgIpc) is 3.00. The van der Waals surface area contributed by atoms with Gasteiger partial charge in [-0.3, -0.25) is 0 Å². The summed E-state index contributed by atoms with van der Waals surface area (Å²) in [6.45, 7) is 7.22. The van der Waals surface area contributed by atoms with Crippen LogP contribution < -0.4 is 5.19 Å². The summed E-state index contributed by atoms with van der Waals surface area (Å²) in [5.41, 5.74) is 7.50. The molecule has 0 saturated heterocycles. The highest BCUT2D eigenvalue weighted by atomic mass is 28.3. The minimum Gasteiger partial charge on any atom is -0.0656 e. The van der Waals surface area contributed by atoms with Gasteiger partial charge in [0.25, 0.3) is 0 Å². The van der Waals surface area contributed by atoms with Crippen LogP contribution in [0.4, 0.5) is 0 Å². The summed E-state index contributed by atoms with van der Waals surface area (Å²) in [6, 6.07) is 51.6. The van der Waals surface area contributed by atoms with Crippen molar-refractivity contribution in [2.75, 3.05) is 0 Å². The molecule has 0 aliphatic heterocycles. The van der Waals surface area contributed by atoms with Gasteiger partial charge in [0.2, 0.25) is 0 Å². The first-order chi connectivity index (χ1) is 19.4. The predicted octanol–water partition coefficient (Wildman–Crippen LogP) is 10.7. The normalized spacial score (nSPS) is 11.9. The molecule has 0 nitrogen and oxygen atoms in total.